The van der Waals surface area contributed by atoms with Crippen LogP contribution in [0.4, 0.5) is 0 Å². The van der Waals surface area contributed by atoms with Gasteiger partial charge in [0.2, 0.25) is 0 Å². The van der Waals surface area contributed by atoms with E-state index in [1.165, 1.54) is 0 Å². The zero-order chi connectivity index (χ0) is 27.2. The molecule has 6 aromatic carbocycles. The molecule has 196 valence electrons. The Kier molecular flexibility index (Phi) is 5.74. The van der Waals surface area contributed by atoms with Crippen LogP contribution in [0, 0.1) is 0 Å². The Bertz CT molecular complexity index is 1730. The summed E-state index contributed by atoms with van der Waals surface area (Å²) in [6, 6.07) is 49.4. The van der Waals surface area contributed by atoms with Gasteiger partial charge in [-0.25, -0.2) is 0 Å². The molecule has 0 unspecified atom stereocenters. The van der Waals surface area contributed by atoms with Gasteiger partial charge in [0, 0.05) is 0 Å². The third-order valence-electron chi connectivity index (χ3n) is 7.46. The maximum atomic E-state index is 6.77. The van der Waals surface area contributed by atoms with E-state index in [4.69, 9.17) is 12.3 Å². The van der Waals surface area contributed by atoms with Gasteiger partial charge in [-0.15, -0.1) is 0 Å². The first-order chi connectivity index (χ1) is 20.3. The van der Waals surface area contributed by atoms with Crippen molar-refractivity contribution < 1.29 is 12.3 Å². The molecule has 0 aromatic heterocycles. The van der Waals surface area contributed by atoms with E-state index < -0.39 is 20.0 Å². The average Bonchev–Trinajstić information content (AvgIpc) is 3.59. The first kappa shape index (κ1) is 24.1. The van der Waals surface area contributed by atoms with Gasteiger partial charge in [0.15, 0.2) is 0 Å². The molecule has 1 spiro atoms. The molecule has 2 heterocycles. The topological polar surface area (TPSA) is 36.9 Å². The zero-order valence-corrected chi connectivity index (χ0v) is 24.8. The van der Waals surface area contributed by atoms with Crippen LogP contribution in [0.3, 0.4) is 0 Å². The molecule has 2 aliphatic rings. The molecule has 0 N–H and O–H groups in total. The number of hydrogen-bond acceptors (Lipinski definition) is 4. The summed E-state index contributed by atoms with van der Waals surface area (Å²) in [5.41, 5.74) is 8.36. The van der Waals surface area contributed by atoms with Crippen LogP contribution in [0.15, 0.2) is 146 Å². The zero-order valence-electron chi connectivity index (χ0n) is 22.0. The van der Waals surface area contributed by atoms with Crippen LogP contribution >= 0.6 is 0 Å². The monoisotopic (exact) mass is 640 g/mol. The second-order valence-corrected chi connectivity index (χ2v) is 15.2. The number of benzene rings is 6. The van der Waals surface area contributed by atoms with Gasteiger partial charge in [0.1, 0.15) is 0 Å². The molecule has 0 saturated heterocycles. The molecule has 41 heavy (non-hydrogen) atoms. The fourth-order valence-electron chi connectivity index (χ4n) is 5.63. The molecule has 0 bridgehead atoms. The summed E-state index contributed by atoms with van der Waals surface area (Å²) in [4.78, 5) is 0. The van der Waals surface area contributed by atoms with Crippen molar-refractivity contribution in [3.05, 3.63) is 146 Å². The van der Waals surface area contributed by atoms with Crippen LogP contribution < -0.4 is 12.3 Å². The van der Waals surface area contributed by atoms with Crippen LogP contribution in [0.25, 0.3) is 44.5 Å². The predicted octanol–water partition coefficient (Wildman–Crippen LogP) is 9.03. The summed E-state index contributed by atoms with van der Waals surface area (Å²) < 4.78 is 26.7. The molecule has 0 fully saturated rings. The molecule has 0 atom stereocenters. The van der Waals surface area contributed by atoms with Gasteiger partial charge in [-0.1, -0.05) is 0 Å². The van der Waals surface area contributed by atoms with Gasteiger partial charge in [-0.2, -0.15) is 0 Å². The van der Waals surface area contributed by atoms with Gasteiger partial charge in [-0.05, 0) is 0 Å². The Balaban J connectivity index is 1.26. The fourth-order valence-corrected chi connectivity index (χ4v) is 11.4. The van der Waals surface area contributed by atoms with E-state index in [9.17, 15) is 0 Å². The van der Waals surface area contributed by atoms with Gasteiger partial charge < -0.3 is 0 Å². The van der Waals surface area contributed by atoms with Crippen molar-refractivity contribution in [2.75, 3.05) is 0 Å². The third kappa shape index (κ3) is 4.14. The van der Waals surface area contributed by atoms with Crippen LogP contribution in [-0.4, -0.2) is 20.0 Å². The summed E-state index contributed by atoms with van der Waals surface area (Å²) in [7, 11) is 0. The van der Waals surface area contributed by atoms with E-state index in [0.717, 1.165) is 44.5 Å². The van der Waals surface area contributed by atoms with Crippen LogP contribution in [0.2, 0.25) is 0 Å². The molecular weight excluding hydrogens is 615 g/mol. The molecule has 0 amide bonds. The van der Waals surface area contributed by atoms with E-state index >= 15 is 0 Å². The average molecular weight is 639 g/mol. The van der Waals surface area contributed by atoms with Crippen molar-refractivity contribution >= 4 is 20.0 Å². The molecule has 0 radical (unpaired) electrons. The van der Waals surface area contributed by atoms with Crippen molar-refractivity contribution in [1.82, 2.24) is 0 Å². The van der Waals surface area contributed by atoms with Crippen molar-refractivity contribution in [3.8, 4) is 67.5 Å². The van der Waals surface area contributed by atoms with Gasteiger partial charge in [-0.3, -0.25) is 0 Å². The molecule has 0 aliphatic carbocycles. The summed E-state index contributed by atoms with van der Waals surface area (Å²) >= 11 is -4.62. The Labute approximate surface area is 244 Å². The Morgan fingerprint density at radius 1 is 0.317 bits per heavy atom. The summed E-state index contributed by atoms with van der Waals surface area (Å²) in [5, 5.41) is 0. The molecule has 0 saturated carbocycles. The maximum absolute atomic E-state index is 6.77. The fraction of sp³-hybridized carbons (Fsp3) is 0. The predicted molar refractivity (Wildman–Crippen MR) is 163 cm³/mol. The summed E-state index contributed by atoms with van der Waals surface area (Å²) in [5.74, 6) is 2.64. The van der Waals surface area contributed by atoms with Crippen molar-refractivity contribution in [3.63, 3.8) is 0 Å². The van der Waals surface area contributed by atoms with E-state index in [1.807, 2.05) is 84.9 Å². The minimum absolute atomic E-state index is 0.650. The van der Waals surface area contributed by atoms with E-state index in [0.29, 0.717) is 23.0 Å². The van der Waals surface area contributed by atoms with Crippen LogP contribution in [0.1, 0.15) is 0 Å². The second-order valence-electron chi connectivity index (χ2n) is 10.0. The van der Waals surface area contributed by atoms with E-state index in [1.54, 1.807) is 0 Å². The Morgan fingerprint density at radius 2 is 0.659 bits per heavy atom. The number of fused-ring (bicyclic) bond motifs is 2. The molecule has 4 nitrogen and oxygen atoms in total. The molecule has 6 aromatic rings. The van der Waals surface area contributed by atoms with Gasteiger partial charge >= 0.3 is 245 Å². The SMILES string of the molecule is c1ccc(-c2ccc3c(c2-c2ccccc2)[O][Sn]2([O]3)[O]c3ccc(-c4ccccc4)c(-c4ccccc4)c3[O]2)cc1. The van der Waals surface area contributed by atoms with Gasteiger partial charge in [0.25, 0.3) is 0 Å². The van der Waals surface area contributed by atoms with Crippen LogP contribution in [-0.2, 0) is 0 Å². The Morgan fingerprint density at radius 3 is 1.02 bits per heavy atom. The number of hydrogen-bond donors (Lipinski definition) is 0. The summed E-state index contributed by atoms with van der Waals surface area (Å²) in [6.07, 6.45) is 0. The van der Waals surface area contributed by atoms with Crippen molar-refractivity contribution in [2.24, 2.45) is 0 Å². The standard InChI is InChI=1S/2C18H14O2.Sn/c2*19-16-12-11-15(13-7-3-1-4-8-13)17(18(16)20)14-9-5-2-6-10-14;/h2*1-12,19-20H;/q;;+4/p-4. The summed E-state index contributed by atoms with van der Waals surface area (Å²) in [6.45, 7) is 0. The van der Waals surface area contributed by atoms with Crippen LogP contribution in [0.5, 0.6) is 23.0 Å². The molecular formula is C36H24O4Sn. The molecule has 2 aliphatic heterocycles. The Hall–Kier alpha value is -4.68. The first-order valence-electron chi connectivity index (χ1n) is 13.6. The third-order valence-corrected chi connectivity index (χ3v) is 12.7. The quantitative estimate of drug-likeness (QED) is 0.181. The van der Waals surface area contributed by atoms with E-state index in [2.05, 4.69) is 60.7 Å². The number of rotatable bonds is 4. The van der Waals surface area contributed by atoms with Crippen molar-refractivity contribution in [2.45, 2.75) is 0 Å². The van der Waals surface area contributed by atoms with E-state index in [-0.39, 0.29) is 0 Å². The van der Waals surface area contributed by atoms with Gasteiger partial charge in [0.05, 0.1) is 0 Å². The molecule has 8 rings (SSSR count). The first-order valence-corrected chi connectivity index (χ1v) is 18.3. The van der Waals surface area contributed by atoms with Crippen molar-refractivity contribution in [1.29, 1.82) is 0 Å². The second kappa shape index (κ2) is 9.75. The molecule has 5 heteroatoms. The minimum atomic E-state index is -4.62. The normalized spacial score (nSPS) is 13.9.